The molecule has 0 spiro atoms. The lowest BCUT2D eigenvalue weighted by Gasteiger charge is -2.16. The maximum Gasteiger partial charge on any atom is 0.228 e. The number of thioether (sulfide) groups is 1. The van der Waals surface area contributed by atoms with Gasteiger partial charge < -0.3 is 0 Å². The molecule has 0 N–H and O–H groups in total. The molecule has 1 amide bonds. The van der Waals surface area contributed by atoms with Gasteiger partial charge in [-0.25, -0.2) is 4.98 Å². The topological polar surface area (TPSA) is 50.3 Å². The number of benzene rings is 1. The number of anilines is 1. The summed E-state index contributed by atoms with van der Waals surface area (Å²) < 4.78 is 0. The van der Waals surface area contributed by atoms with E-state index in [-0.39, 0.29) is 16.9 Å². The van der Waals surface area contributed by atoms with E-state index in [4.69, 9.17) is 0 Å². The Labute approximate surface area is 127 Å². The van der Waals surface area contributed by atoms with Crippen molar-refractivity contribution in [1.82, 2.24) is 4.98 Å². The summed E-state index contributed by atoms with van der Waals surface area (Å²) in [5.41, 5.74) is 0. The Bertz CT molecular complexity index is 701. The van der Waals surface area contributed by atoms with E-state index in [9.17, 15) is 9.59 Å². The zero-order valence-corrected chi connectivity index (χ0v) is 12.6. The number of hydrogen-bond donors (Lipinski definition) is 0. The largest absolute Gasteiger partial charge is 0.296 e. The van der Waals surface area contributed by atoms with Crippen molar-refractivity contribution in [2.24, 2.45) is 5.92 Å². The highest BCUT2D eigenvalue weighted by molar-refractivity contribution is 8.13. The van der Waals surface area contributed by atoms with Gasteiger partial charge in [-0.1, -0.05) is 36.0 Å². The third kappa shape index (κ3) is 3.08. The second-order valence-corrected chi connectivity index (χ2v) is 6.46. The molecule has 108 valence electrons. The SMILES string of the molecule is CC(=O)SCC1CC(=O)N(c2cc3ccccc3cn2)C1. The molecule has 0 aliphatic carbocycles. The molecule has 5 heteroatoms. The van der Waals surface area contributed by atoms with Crippen molar-refractivity contribution >= 4 is 39.4 Å². The van der Waals surface area contributed by atoms with Gasteiger partial charge in [-0.15, -0.1) is 0 Å². The number of carbonyl (C=O) groups excluding carboxylic acids is 2. The van der Waals surface area contributed by atoms with Crippen molar-refractivity contribution in [1.29, 1.82) is 0 Å². The standard InChI is InChI=1S/C16H16N2O2S/c1-11(19)21-10-12-6-16(20)18(9-12)15-7-13-4-2-3-5-14(13)8-17-15/h2-5,7-8,12H,6,9-10H2,1H3. The molecule has 1 fully saturated rings. The predicted molar refractivity (Wildman–Crippen MR) is 85.3 cm³/mol. The first-order valence-electron chi connectivity index (χ1n) is 6.92. The van der Waals surface area contributed by atoms with E-state index in [0.717, 1.165) is 10.8 Å². The molecular formula is C16H16N2O2S. The number of amides is 1. The highest BCUT2D eigenvalue weighted by atomic mass is 32.2. The molecule has 2 heterocycles. The van der Waals surface area contributed by atoms with E-state index in [1.165, 1.54) is 11.8 Å². The van der Waals surface area contributed by atoms with Gasteiger partial charge in [0, 0.05) is 37.2 Å². The van der Waals surface area contributed by atoms with E-state index in [2.05, 4.69) is 4.98 Å². The lowest BCUT2D eigenvalue weighted by atomic mass is 10.1. The third-order valence-corrected chi connectivity index (χ3v) is 4.67. The van der Waals surface area contributed by atoms with Crippen LogP contribution in [0.5, 0.6) is 0 Å². The van der Waals surface area contributed by atoms with E-state index < -0.39 is 0 Å². The molecule has 1 unspecified atom stereocenters. The van der Waals surface area contributed by atoms with Gasteiger partial charge in [0.05, 0.1) is 0 Å². The molecule has 21 heavy (non-hydrogen) atoms. The van der Waals surface area contributed by atoms with E-state index >= 15 is 0 Å². The molecule has 0 radical (unpaired) electrons. The van der Waals surface area contributed by atoms with Crippen molar-refractivity contribution in [3.8, 4) is 0 Å². The lowest BCUT2D eigenvalue weighted by molar-refractivity contribution is -0.117. The van der Waals surface area contributed by atoms with Crippen molar-refractivity contribution < 1.29 is 9.59 Å². The molecule has 3 rings (SSSR count). The van der Waals surface area contributed by atoms with Gasteiger partial charge in [0.15, 0.2) is 5.12 Å². The maximum absolute atomic E-state index is 12.2. The molecule has 0 bridgehead atoms. The minimum atomic E-state index is 0.0898. The molecule has 1 atom stereocenters. The Kier molecular flexibility index (Phi) is 3.92. The summed E-state index contributed by atoms with van der Waals surface area (Å²) in [6.07, 6.45) is 2.30. The van der Waals surface area contributed by atoms with E-state index in [1.807, 2.05) is 30.3 Å². The smallest absolute Gasteiger partial charge is 0.228 e. The van der Waals surface area contributed by atoms with Crippen LogP contribution in [0.3, 0.4) is 0 Å². The highest BCUT2D eigenvalue weighted by Crippen LogP contribution is 2.28. The Hall–Kier alpha value is -1.88. The van der Waals surface area contributed by atoms with Crippen molar-refractivity contribution in [2.75, 3.05) is 17.2 Å². The van der Waals surface area contributed by atoms with Gasteiger partial charge in [0.2, 0.25) is 5.91 Å². The second-order valence-electron chi connectivity index (χ2n) is 5.27. The molecule has 1 aromatic carbocycles. The molecule has 2 aromatic rings. The molecule has 1 aliphatic rings. The number of fused-ring (bicyclic) bond motifs is 1. The van der Waals surface area contributed by atoms with E-state index in [1.54, 1.807) is 18.0 Å². The van der Waals surface area contributed by atoms with Crippen LogP contribution in [-0.4, -0.2) is 28.3 Å². The normalized spacial score (nSPS) is 18.4. The highest BCUT2D eigenvalue weighted by Gasteiger charge is 2.31. The van der Waals surface area contributed by atoms with Crippen LogP contribution in [0.4, 0.5) is 5.82 Å². The Morgan fingerprint density at radius 1 is 1.38 bits per heavy atom. The van der Waals surface area contributed by atoms with Crippen molar-refractivity contribution in [3.63, 3.8) is 0 Å². The minimum absolute atomic E-state index is 0.0898. The summed E-state index contributed by atoms with van der Waals surface area (Å²) in [6.45, 7) is 2.20. The Balaban J connectivity index is 1.79. The average Bonchev–Trinajstić information content (AvgIpc) is 2.86. The van der Waals surface area contributed by atoms with Crippen LogP contribution in [-0.2, 0) is 9.59 Å². The van der Waals surface area contributed by atoms with Gasteiger partial charge in [0.25, 0.3) is 0 Å². The van der Waals surface area contributed by atoms with Crippen LogP contribution in [0.2, 0.25) is 0 Å². The minimum Gasteiger partial charge on any atom is -0.296 e. The molecule has 1 saturated heterocycles. The summed E-state index contributed by atoms with van der Waals surface area (Å²) in [5.74, 6) is 1.71. The number of carbonyl (C=O) groups is 2. The van der Waals surface area contributed by atoms with Gasteiger partial charge in [-0.3, -0.25) is 14.5 Å². The van der Waals surface area contributed by atoms with Crippen LogP contribution in [0.15, 0.2) is 36.5 Å². The summed E-state index contributed by atoms with van der Waals surface area (Å²) in [6, 6.07) is 9.92. The quantitative estimate of drug-likeness (QED) is 0.874. The van der Waals surface area contributed by atoms with Crippen LogP contribution in [0, 0.1) is 5.92 Å². The number of nitrogens with zero attached hydrogens (tertiary/aromatic N) is 2. The van der Waals surface area contributed by atoms with Gasteiger partial charge in [-0.2, -0.15) is 0 Å². The first-order valence-corrected chi connectivity index (χ1v) is 7.90. The fraction of sp³-hybridized carbons (Fsp3) is 0.312. The second kappa shape index (κ2) is 5.85. The zero-order chi connectivity index (χ0) is 14.8. The summed E-state index contributed by atoms with van der Waals surface area (Å²) in [4.78, 5) is 29.3. The first-order chi connectivity index (χ1) is 10.1. The predicted octanol–water partition coefficient (Wildman–Crippen LogP) is 2.87. The number of rotatable bonds is 3. The van der Waals surface area contributed by atoms with Crippen LogP contribution in [0.25, 0.3) is 10.8 Å². The summed E-state index contributed by atoms with van der Waals surface area (Å²) in [7, 11) is 0. The van der Waals surface area contributed by atoms with Gasteiger partial charge >= 0.3 is 0 Å². The van der Waals surface area contributed by atoms with Crippen LogP contribution >= 0.6 is 11.8 Å². The van der Waals surface area contributed by atoms with Gasteiger partial charge in [0.1, 0.15) is 5.82 Å². The Morgan fingerprint density at radius 2 is 2.14 bits per heavy atom. The summed E-state index contributed by atoms with van der Waals surface area (Å²) in [5, 5.41) is 2.25. The zero-order valence-electron chi connectivity index (χ0n) is 11.8. The number of hydrogen-bond acceptors (Lipinski definition) is 4. The number of aromatic nitrogens is 1. The molecule has 1 aliphatic heterocycles. The van der Waals surface area contributed by atoms with Crippen LogP contribution < -0.4 is 4.90 Å². The Morgan fingerprint density at radius 3 is 2.90 bits per heavy atom. The van der Waals surface area contributed by atoms with Crippen molar-refractivity contribution in [2.45, 2.75) is 13.3 Å². The average molecular weight is 300 g/mol. The first kappa shape index (κ1) is 14.1. The lowest BCUT2D eigenvalue weighted by Crippen LogP contribution is -2.25. The van der Waals surface area contributed by atoms with Crippen LogP contribution in [0.1, 0.15) is 13.3 Å². The molecule has 0 saturated carbocycles. The van der Waals surface area contributed by atoms with E-state index in [0.29, 0.717) is 24.5 Å². The molecule has 1 aromatic heterocycles. The fourth-order valence-corrected chi connectivity index (χ4v) is 3.26. The molecule has 4 nitrogen and oxygen atoms in total. The summed E-state index contributed by atoms with van der Waals surface area (Å²) >= 11 is 1.29. The monoisotopic (exact) mass is 300 g/mol. The molecular weight excluding hydrogens is 284 g/mol. The van der Waals surface area contributed by atoms with Crippen molar-refractivity contribution in [3.05, 3.63) is 36.5 Å². The van der Waals surface area contributed by atoms with Gasteiger partial charge in [-0.05, 0) is 17.4 Å². The maximum atomic E-state index is 12.2. The number of pyridine rings is 1. The fourth-order valence-electron chi connectivity index (χ4n) is 2.57. The third-order valence-electron chi connectivity index (χ3n) is 3.62.